The second kappa shape index (κ2) is 3.50. The first-order valence-corrected chi connectivity index (χ1v) is 4.48. The molecule has 0 amide bonds. The highest BCUT2D eigenvalue weighted by Gasteiger charge is 1.98. The maximum Gasteiger partial charge on any atom is 0.116 e. The van der Waals surface area contributed by atoms with Gasteiger partial charge in [0.05, 0.1) is 0 Å². The zero-order valence-electron chi connectivity index (χ0n) is 7.94. The zero-order chi connectivity index (χ0) is 9.97. The molecule has 2 rings (SSSR count). The topological polar surface area (TPSA) is 33.1 Å². The van der Waals surface area contributed by atoms with Crippen molar-refractivity contribution in [1.82, 2.24) is 4.98 Å². The Hall–Kier alpha value is -1.83. The number of aromatic nitrogens is 1. The van der Waals surface area contributed by atoms with Crippen LogP contribution in [0.5, 0.6) is 5.75 Å². The summed E-state index contributed by atoms with van der Waals surface area (Å²) in [6.07, 6.45) is 1.77. The van der Waals surface area contributed by atoms with Gasteiger partial charge in [-0.05, 0) is 42.3 Å². The molecule has 0 atom stereocenters. The SMILES string of the molecule is Cc1cc(-c2cccc(O)c2)ccn1. The smallest absolute Gasteiger partial charge is 0.116 e. The van der Waals surface area contributed by atoms with Gasteiger partial charge in [0.15, 0.2) is 0 Å². The molecular weight excluding hydrogens is 174 g/mol. The monoisotopic (exact) mass is 185 g/mol. The van der Waals surface area contributed by atoms with E-state index in [1.165, 1.54) is 0 Å². The van der Waals surface area contributed by atoms with Crippen molar-refractivity contribution >= 4 is 0 Å². The number of aromatic hydroxyl groups is 1. The van der Waals surface area contributed by atoms with Crippen LogP contribution < -0.4 is 0 Å². The molecule has 0 spiro atoms. The van der Waals surface area contributed by atoms with Crippen molar-refractivity contribution in [3.05, 3.63) is 48.3 Å². The summed E-state index contributed by atoms with van der Waals surface area (Å²) in [5.74, 6) is 0.289. The van der Waals surface area contributed by atoms with E-state index in [0.29, 0.717) is 0 Å². The molecule has 0 saturated heterocycles. The number of hydrogen-bond acceptors (Lipinski definition) is 2. The predicted octanol–water partition coefficient (Wildman–Crippen LogP) is 2.76. The van der Waals surface area contributed by atoms with Gasteiger partial charge in [-0.15, -0.1) is 0 Å². The molecule has 0 fully saturated rings. The number of pyridine rings is 1. The van der Waals surface area contributed by atoms with Crippen LogP contribution >= 0.6 is 0 Å². The van der Waals surface area contributed by atoms with Crippen LogP contribution in [-0.4, -0.2) is 10.1 Å². The van der Waals surface area contributed by atoms with Gasteiger partial charge in [-0.3, -0.25) is 4.98 Å². The Morgan fingerprint density at radius 3 is 2.57 bits per heavy atom. The largest absolute Gasteiger partial charge is 0.508 e. The Morgan fingerprint density at radius 2 is 1.86 bits per heavy atom. The fourth-order valence-corrected chi connectivity index (χ4v) is 1.41. The maximum absolute atomic E-state index is 9.33. The van der Waals surface area contributed by atoms with E-state index < -0.39 is 0 Å². The van der Waals surface area contributed by atoms with Crippen molar-refractivity contribution in [1.29, 1.82) is 0 Å². The fourth-order valence-electron chi connectivity index (χ4n) is 1.41. The van der Waals surface area contributed by atoms with Crippen LogP contribution in [-0.2, 0) is 0 Å². The molecule has 2 heteroatoms. The van der Waals surface area contributed by atoms with Gasteiger partial charge < -0.3 is 5.11 Å². The summed E-state index contributed by atoms with van der Waals surface area (Å²) in [5.41, 5.74) is 3.06. The Bertz CT molecular complexity index is 408. The third kappa shape index (κ3) is 1.74. The van der Waals surface area contributed by atoms with E-state index in [1.807, 2.05) is 31.2 Å². The lowest BCUT2D eigenvalue weighted by molar-refractivity contribution is 0.475. The molecule has 0 saturated carbocycles. The van der Waals surface area contributed by atoms with Crippen molar-refractivity contribution in [2.45, 2.75) is 6.92 Å². The average Bonchev–Trinajstić information content (AvgIpc) is 2.18. The van der Waals surface area contributed by atoms with Gasteiger partial charge in [-0.2, -0.15) is 0 Å². The third-order valence-corrected chi connectivity index (χ3v) is 2.08. The minimum absolute atomic E-state index is 0.289. The first-order valence-electron chi connectivity index (χ1n) is 4.48. The number of nitrogens with zero attached hydrogens (tertiary/aromatic N) is 1. The Kier molecular flexibility index (Phi) is 2.19. The van der Waals surface area contributed by atoms with Gasteiger partial charge in [0, 0.05) is 11.9 Å². The highest BCUT2D eigenvalue weighted by molar-refractivity contribution is 5.64. The van der Waals surface area contributed by atoms with Crippen molar-refractivity contribution in [3.63, 3.8) is 0 Å². The van der Waals surface area contributed by atoms with Crippen LogP contribution in [0.3, 0.4) is 0 Å². The molecule has 1 aromatic carbocycles. The van der Waals surface area contributed by atoms with Gasteiger partial charge in [0.1, 0.15) is 5.75 Å². The number of benzene rings is 1. The molecule has 1 heterocycles. The minimum Gasteiger partial charge on any atom is -0.508 e. The minimum atomic E-state index is 0.289. The standard InChI is InChI=1S/C12H11NO/c1-9-7-11(5-6-13-9)10-3-2-4-12(14)8-10/h2-8,14H,1H3. The first-order chi connectivity index (χ1) is 6.75. The van der Waals surface area contributed by atoms with Crippen molar-refractivity contribution in [2.75, 3.05) is 0 Å². The van der Waals surface area contributed by atoms with E-state index in [-0.39, 0.29) is 5.75 Å². The van der Waals surface area contributed by atoms with Gasteiger partial charge in [0.2, 0.25) is 0 Å². The Morgan fingerprint density at radius 1 is 1.07 bits per heavy atom. The lowest BCUT2D eigenvalue weighted by Crippen LogP contribution is -1.82. The number of phenolic OH excluding ortho intramolecular Hbond substituents is 1. The summed E-state index contributed by atoms with van der Waals surface area (Å²) < 4.78 is 0. The van der Waals surface area contributed by atoms with Crippen molar-refractivity contribution in [3.8, 4) is 16.9 Å². The van der Waals surface area contributed by atoms with E-state index in [9.17, 15) is 5.11 Å². The van der Waals surface area contributed by atoms with Crippen LogP contribution in [0.2, 0.25) is 0 Å². The number of hydrogen-bond donors (Lipinski definition) is 1. The van der Waals surface area contributed by atoms with Gasteiger partial charge >= 0.3 is 0 Å². The van der Waals surface area contributed by atoms with E-state index in [0.717, 1.165) is 16.8 Å². The molecule has 2 aromatic rings. The number of phenols is 1. The Balaban J connectivity index is 2.49. The fraction of sp³-hybridized carbons (Fsp3) is 0.0833. The summed E-state index contributed by atoms with van der Waals surface area (Å²) in [5, 5.41) is 9.33. The summed E-state index contributed by atoms with van der Waals surface area (Å²) in [4.78, 5) is 4.13. The molecule has 2 nitrogen and oxygen atoms in total. The molecule has 0 aliphatic heterocycles. The molecule has 1 N–H and O–H groups in total. The molecular formula is C12H11NO. The van der Waals surface area contributed by atoms with Gasteiger partial charge in [0.25, 0.3) is 0 Å². The summed E-state index contributed by atoms with van der Waals surface area (Å²) >= 11 is 0. The van der Waals surface area contributed by atoms with Crippen LogP contribution in [0.25, 0.3) is 11.1 Å². The van der Waals surface area contributed by atoms with E-state index in [1.54, 1.807) is 18.3 Å². The molecule has 0 aliphatic rings. The van der Waals surface area contributed by atoms with Crippen molar-refractivity contribution < 1.29 is 5.11 Å². The third-order valence-electron chi connectivity index (χ3n) is 2.08. The molecule has 70 valence electrons. The number of rotatable bonds is 1. The zero-order valence-corrected chi connectivity index (χ0v) is 7.94. The van der Waals surface area contributed by atoms with E-state index >= 15 is 0 Å². The molecule has 14 heavy (non-hydrogen) atoms. The second-order valence-corrected chi connectivity index (χ2v) is 3.24. The first kappa shape index (κ1) is 8.75. The Labute approximate surface area is 82.9 Å². The average molecular weight is 185 g/mol. The lowest BCUT2D eigenvalue weighted by atomic mass is 10.1. The number of aryl methyl sites for hydroxylation is 1. The molecule has 0 unspecified atom stereocenters. The van der Waals surface area contributed by atoms with E-state index in [4.69, 9.17) is 0 Å². The predicted molar refractivity (Wildman–Crippen MR) is 56.1 cm³/mol. The molecule has 0 radical (unpaired) electrons. The summed E-state index contributed by atoms with van der Waals surface area (Å²) in [7, 11) is 0. The molecule has 0 bridgehead atoms. The highest BCUT2D eigenvalue weighted by atomic mass is 16.3. The lowest BCUT2D eigenvalue weighted by Gasteiger charge is -2.02. The van der Waals surface area contributed by atoms with Crippen LogP contribution in [0.15, 0.2) is 42.6 Å². The highest BCUT2D eigenvalue weighted by Crippen LogP contribution is 2.22. The van der Waals surface area contributed by atoms with Gasteiger partial charge in [-0.25, -0.2) is 0 Å². The normalized spacial score (nSPS) is 10.1. The summed E-state index contributed by atoms with van der Waals surface area (Å²) in [6.45, 7) is 1.95. The van der Waals surface area contributed by atoms with Crippen LogP contribution in [0.4, 0.5) is 0 Å². The van der Waals surface area contributed by atoms with E-state index in [2.05, 4.69) is 4.98 Å². The molecule has 1 aromatic heterocycles. The molecule has 0 aliphatic carbocycles. The van der Waals surface area contributed by atoms with Crippen LogP contribution in [0, 0.1) is 6.92 Å². The van der Waals surface area contributed by atoms with Gasteiger partial charge in [-0.1, -0.05) is 12.1 Å². The van der Waals surface area contributed by atoms with Crippen molar-refractivity contribution in [2.24, 2.45) is 0 Å². The summed E-state index contributed by atoms with van der Waals surface area (Å²) in [6, 6.07) is 11.1. The van der Waals surface area contributed by atoms with Crippen LogP contribution in [0.1, 0.15) is 5.69 Å². The maximum atomic E-state index is 9.33. The quantitative estimate of drug-likeness (QED) is 0.741. The second-order valence-electron chi connectivity index (χ2n) is 3.24.